The van der Waals surface area contributed by atoms with E-state index in [4.69, 9.17) is 9.47 Å². The SMILES string of the molecule is CCCCCc1cc(C)cc(Oc2cc(OC)nc(SC)n2)c1. The molecule has 0 radical (unpaired) electrons. The van der Waals surface area contributed by atoms with Gasteiger partial charge in [-0.2, -0.15) is 9.97 Å². The summed E-state index contributed by atoms with van der Waals surface area (Å²) in [5, 5.41) is 0.634. The van der Waals surface area contributed by atoms with E-state index in [-0.39, 0.29) is 0 Å². The van der Waals surface area contributed by atoms with Gasteiger partial charge in [-0.15, -0.1) is 0 Å². The first-order valence-electron chi connectivity index (χ1n) is 7.90. The number of thioether (sulfide) groups is 1. The number of hydrogen-bond donors (Lipinski definition) is 0. The smallest absolute Gasteiger partial charge is 0.227 e. The van der Waals surface area contributed by atoms with Gasteiger partial charge in [0.1, 0.15) is 5.75 Å². The lowest BCUT2D eigenvalue weighted by Crippen LogP contribution is -1.96. The Morgan fingerprint density at radius 1 is 1.04 bits per heavy atom. The van der Waals surface area contributed by atoms with Crippen LogP contribution < -0.4 is 9.47 Å². The minimum Gasteiger partial charge on any atom is -0.481 e. The van der Waals surface area contributed by atoms with Gasteiger partial charge in [-0.3, -0.25) is 0 Å². The number of rotatable bonds is 8. The summed E-state index contributed by atoms with van der Waals surface area (Å²) in [5.41, 5.74) is 2.50. The number of aryl methyl sites for hydroxylation is 2. The first-order valence-corrected chi connectivity index (χ1v) is 9.12. The molecule has 0 aliphatic carbocycles. The molecule has 0 saturated carbocycles. The van der Waals surface area contributed by atoms with Crippen molar-refractivity contribution >= 4 is 11.8 Å². The van der Waals surface area contributed by atoms with Gasteiger partial charge >= 0.3 is 0 Å². The van der Waals surface area contributed by atoms with Crippen molar-refractivity contribution in [3.63, 3.8) is 0 Å². The van der Waals surface area contributed by atoms with Gasteiger partial charge in [-0.05, 0) is 49.3 Å². The summed E-state index contributed by atoms with van der Waals surface area (Å²) >= 11 is 1.46. The zero-order chi connectivity index (χ0) is 16.7. The monoisotopic (exact) mass is 332 g/mol. The third kappa shape index (κ3) is 5.43. The van der Waals surface area contributed by atoms with Gasteiger partial charge in [0, 0.05) is 0 Å². The number of aromatic nitrogens is 2. The van der Waals surface area contributed by atoms with Crippen LogP contribution >= 0.6 is 11.8 Å². The van der Waals surface area contributed by atoms with Crippen molar-refractivity contribution in [3.8, 4) is 17.5 Å². The molecule has 2 aromatic rings. The molecule has 0 aliphatic heterocycles. The van der Waals surface area contributed by atoms with E-state index >= 15 is 0 Å². The van der Waals surface area contributed by atoms with Crippen molar-refractivity contribution in [2.45, 2.75) is 44.7 Å². The second-order valence-electron chi connectivity index (χ2n) is 5.45. The predicted octanol–water partition coefficient (Wildman–Crippen LogP) is 5.04. The Hall–Kier alpha value is -1.75. The molecule has 124 valence electrons. The number of benzene rings is 1. The molecule has 0 saturated heterocycles. The highest BCUT2D eigenvalue weighted by molar-refractivity contribution is 7.98. The van der Waals surface area contributed by atoms with Gasteiger partial charge in [0.2, 0.25) is 11.8 Å². The second-order valence-corrected chi connectivity index (χ2v) is 6.22. The summed E-state index contributed by atoms with van der Waals surface area (Å²) in [4.78, 5) is 8.63. The molecular formula is C18H24N2O2S. The number of ether oxygens (including phenoxy) is 2. The average Bonchev–Trinajstić information content (AvgIpc) is 2.54. The molecule has 0 aliphatic rings. The van der Waals surface area contributed by atoms with Gasteiger partial charge < -0.3 is 9.47 Å². The van der Waals surface area contributed by atoms with Crippen LogP contribution in [0.4, 0.5) is 0 Å². The maximum atomic E-state index is 5.95. The van der Waals surface area contributed by atoms with Crippen LogP contribution in [0.25, 0.3) is 0 Å². The summed E-state index contributed by atoms with van der Waals surface area (Å²) in [7, 11) is 1.59. The topological polar surface area (TPSA) is 44.2 Å². The Kier molecular flexibility index (Phi) is 6.71. The lowest BCUT2D eigenvalue weighted by Gasteiger charge is -2.10. The second kappa shape index (κ2) is 8.77. The van der Waals surface area contributed by atoms with E-state index in [1.54, 1.807) is 13.2 Å². The minimum atomic E-state index is 0.506. The van der Waals surface area contributed by atoms with Crippen LogP contribution in [-0.2, 0) is 6.42 Å². The summed E-state index contributed by atoms with van der Waals surface area (Å²) in [6, 6.07) is 8.04. The van der Waals surface area contributed by atoms with Gasteiger partial charge in [0.25, 0.3) is 0 Å². The molecule has 23 heavy (non-hydrogen) atoms. The third-order valence-corrected chi connectivity index (χ3v) is 4.00. The summed E-state index contributed by atoms with van der Waals surface area (Å²) in [6.07, 6.45) is 6.70. The zero-order valence-corrected chi connectivity index (χ0v) is 15.1. The van der Waals surface area contributed by atoms with E-state index in [1.165, 1.54) is 42.2 Å². The fourth-order valence-electron chi connectivity index (χ4n) is 2.36. The van der Waals surface area contributed by atoms with Crippen molar-refractivity contribution in [2.24, 2.45) is 0 Å². The van der Waals surface area contributed by atoms with Crippen molar-refractivity contribution in [1.29, 1.82) is 0 Å². The summed E-state index contributed by atoms with van der Waals surface area (Å²) in [6.45, 7) is 4.31. The van der Waals surface area contributed by atoms with Gasteiger partial charge in [-0.25, -0.2) is 0 Å². The number of hydrogen-bond acceptors (Lipinski definition) is 5. The first kappa shape index (κ1) is 17.6. The van der Waals surface area contributed by atoms with Crippen LogP contribution in [0.15, 0.2) is 29.4 Å². The van der Waals surface area contributed by atoms with E-state index in [2.05, 4.69) is 35.9 Å². The fraction of sp³-hybridized carbons (Fsp3) is 0.444. The molecule has 5 heteroatoms. The quantitative estimate of drug-likeness (QED) is 0.385. The van der Waals surface area contributed by atoms with Gasteiger partial charge in [-0.1, -0.05) is 37.6 Å². The van der Waals surface area contributed by atoms with E-state index in [1.807, 2.05) is 12.3 Å². The van der Waals surface area contributed by atoms with E-state index < -0.39 is 0 Å². The first-order chi connectivity index (χ1) is 11.1. The molecule has 1 aromatic carbocycles. The Morgan fingerprint density at radius 2 is 1.83 bits per heavy atom. The summed E-state index contributed by atoms with van der Waals surface area (Å²) < 4.78 is 11.2. The van der Waals surface area contributed by atoms with Crippen molar-refractivity contribution in [3.05, 3.63) is 35.4 Å². The molecule has 0 bridgehead atoms. The molecule has 1 heterocycles. The molecule has 0 amide bonds. The Balaban J connectivity index is 2.19. The third-order valence-electron chi connectivity index (χ3n) is 3.45. The highest BCUT2D eigenvalue weighted by atomic mass is 32.2. The average molecular weight is 332 g/mol. The standard InChI is InChI=1S/C18H24N2O2S/c1-5-6-7-8-14-9-13(2)10-15(11-14)22-17-12-16(21-3)19-18(20-17)23-4/h9-12H,5-8H2,1-4H3. The van der Waals surface area contributed by atoms with Crippen molar-refractivity contribution in [1.82, 2.24) is 9.97 Å². The summed E-state index contributed by atoms with van der Waals surface area (Å²) in [5.74, 6) is 1.82. The normalized spacial score (nSPS) is 10.6. The molecule has 0 fully saturated rings. The molecule has 1 aromatic heterocycles. The highest BCUT2D eigenvalue weighted by Crippen LogP contribution is 2.27. The fourth-order valence-corrected chi connectivity index (χ4v) is 2.72. The van der Waals surface area contributed by atoms with E-state index in [9.17, 15) is 0 Å². The number of nitrogens with zero attached hydrogens (tertiary/aromatic N) is 2. The van der Waals surface area contributed by atoms with Gasteiger partial charge in [0.05, 0.1) is 13.2 Å². The lowest BCUT2D eigenvalue weighted by atomic mass is 10.0. The maximum absolute atomic E-state index is 5.95. The zero-order valence-electron chi connectivity index (χ0n) is 14.3. The molecule has 0 spiro atoms. The largest absolute Gasteiger partial charge is 0.481 e. The molecule has 0 unspecified atom stereocenters. The van der Waals surface area contributed by atoms with Crippen LogP contribution in [0.1, 0.15) is 37.3 Å². The Labute approximate surface area is 142 Å². The van der Waals surface area contributed by atoms with Crippen LogP contribution in [0.2, 0.25) is 0 Å². The number of unbranched alkanes of at least 4 members (excludes halogenated alkanes) is 2. The molecule has 0 atom stereocenters. The van der Waals surface area contributed by atoms with E-state index in [0.717, 1.165) is 12.2 Å². The lowest BCUT2D eigenvalue weighted by molar-refractivity contribution is 0.381. The Bertz CT molecular complexity index is 625. The molecule has 4 nitrogen and oxygen atoms in total. The van der Waals surface area contributed by atoms with Crippen LogP contribution in [0.3, 0.4) is 0 Å². The Morgan fingerprint density at radius 3 is 2.52 bits per heavy atom. The minimum absolute atomic E-state index is 0.506. The van der Waals surface area contributed by atoms with Crippen LogP contribution in [0.5, 0.6) is 17.5 Å². The highest BCUT2D eigenvalue weighted by Gasteiger charge is 2.08. The predicted molar refractivity (Wildman–Crippen MR) is 94.8 cm³/mol. The molecular weight excluding hydrogens is 308 g/mol. The molecule has 0 N–H and O–H groups in total. The van der Waals surface area contributed by atoms with Crippen LogP contribution in [-0.4, -0.2) is 23.3 Å². The maximum Gasteiger partial charge on any atom is 0.227 e. The van der Waals surface area contributed by atoms with Crippen molar-refractivity contribution < 1.29 is 9.47 Å². The van der Waals surface area contributed by atoms with Gasteiger partial charge in [0.15, 0.2) is 5.16 Å². The molecule has 2 rings (SSSR count). The van der Waals surface area contributed by atoms with Crippen LogP contribution in [0, 0.1) is 6.92 Å². The van der Waals surface area contributed by atoms with Crippen molar-refractivity contribution in [2.75, 3.05) is 13.4 Å². The van der Waals surface area contributed by atoms with E-state index in [0.29, 0.717) is 16.9 Å². The number of methoxy groups -OCH3 is 1.